The number of aromatic nitrogens is 3. The molecule has 17 heavy (non-hydrogen) atoms. The highest BCUT2D eigenvalue weighted by molar-refractivity contribution is 5.38. The lowest BCUT2D eigenvalue weighted by Crippen LogP contribution is -1.96. The van der Waals surface area contributed by atoms with Crippen molar-refractivity contribution in [1.82, 2.24) is 15.0 Å². The van der Waals surface area contributed by atoms with Crippen LogP contribution in [-0.2, 0) is 0 Å². The van der Waals surface area contributed by atoms with Gasteiger partial charge in [-0.1, -0.05) is 18.2 Å². The van der Waals surface area contributed by atoms with Gasteiger partial charge in [0, 0.05) is 0 Å². The Morgan fingerprint density at radius 1 is 1.29 bits per heavy atom. The number of rotatable bonds is 3. The van der Waals surface area contributed by atoms with Crippen LogP contribution in [0.15, 0.2) is 24.4 Å². The average molecular weight is 231 g/mol. The second-order valence-corrected chi connectivity index (χ2v) is 4.28. The van der Waals surface area contributed by atoms with Gasteiger partial charge in [0.15, 0.2) is 0 Å². The highest BCUT2D eigenvalue weighted by atomic mass is 16.3. The molecule has 4 heteroatoms. The van der Waals surface area contributed by atoms with Crippen molar-refractivity contribution in [1.29, 1.82) is 0 Å². The number of aliphatic hydroxyl groups is 1. The highest BCUT2D eigenvalue weighted by Gasteiger charge is 2.10. The summed E-state index contributed by atoms with van der Waals surface area (Å²) in [7, 11) is 0. The third kappa shape index (κ3) is 2.36. The molecular formula is C13H17N3O. The minimum Gasteiger partial charge on any atom is -0.387 e. The van der Waals surface area contributed by atoms with Crippen LogP contribution in [0.5, 0.6) is 0 Å². The normalized spacial score (nSPS) is 12.7. The van der Waals surface area contributed by atoms with Gasteiger partial charge in [-0.15, -0.1) is 5.10 Å². The van der Waals surface area contributed by atoms with E-state index in [1.165, 1.54) is 11.1 Å². The summed E-state index contributed by atoms with van der Waals surface area (Å²) < 4.78 is 1.70. The van der Waals surface area contributed by atoms with Crippen molar-refractivity contribution in [2.45, 2.75) is 33.3 Å². The lowest BCUT2D eigenvalue weighted by atomic mass is 10.1. The van der Waals surface area contributed by atoms with Crippen molar-refractivity contribution in [3.05, 3.63) is 41.2 Å². The lowest BCUT2D eigenvalue weighted by Gasteiger charge is -2.04. The molecule has 1 heterocycles. The summed E-state index contributed by atoms with van der Waals surface area (Å²) in [4.78, 5) is 0. The summed E-state index contributed by atoms with van der Waals surface area (Å²) in [6.07, 6.45) is 1.89. The van der Waals surface area contributed by atoms with Gasteiger partial charge in [-0.25, -0.2) is 4.68 Å². The molecule has 90 valence electrons. The maximum Gasteiger partial charge on any atom is 0.112 e. The zero-order valence-corrected chi connectivity index (χ0v) is 10.4. The van der Waals surface area contributed by atoms with Gasteiger partial charge in [0.05, 0.1) is 18.0 Å². The van der Waals surface area contributed by atoms with Gasteiger partial charge >= 0.3 is 0 Å². The average Bonchev–Trinajstić information content (AvgIpc) is 2.81. The van der Waals surface area contributed by atoms with E-state index in [-0.39, 0.29) is 0 Å². The van der Waals surface area contributed by atoms with E-state index in [4.69, 9.17) is 0 Å². The molecule has 1 aromatic heterocycles. The van der Waals surface area contributed by atoms with Gasteiger partial charge < -0.3 is 5.11 Å². The molecule has 0 bridgehead atoms. The molecule has 0 radical (unpaired) electrons. The van der Waals surface area contributed by atoms with Crippen LogP contribution in [-0.4, -0.2) is 20.1 Å². The molecule has 4 nitrogen and oxygen atoms in total. The molecule has 1 aromatic carbocycles. The Kier molecular flexibility index (Phi) is 3.24. The number of hydrogen-bond donors (Lipinski definition) is 1. The Morgan fingerprint density at radius 2 is 2.06 bits per heavy atom. The van der Waals surface area contributed by atoms with Crippen molar-refractivity contribution in [3.63, 3.8) is 0 Å². The lowest BCUT2D eigenvalue weighted by molar-refractivity contribution is 0.169. The fraction of sp³-hybridized carbons (Fsp3) is 0.385. The number of hydrogen-bond acceptors (Lipinski definition) is 3. The molecule has 0 aliphatic carbocycles. The first-order valence-corrected chi connectivity index (χ1v) is 5.79. The number of aryl methyl sites for hydroxylation is 2. The van der Waals surface area contributed by atoms with E-state index >= 15 is 0 Å². The smallest absolute Gasteiger partial charge is 0.112 e. The fourth-order valence-electron chi connectivity index (χ4n) is 1.63. The molecular weight excluding hydrogens is 214 g/mol. The molecule has 0 fully saturated rings. The van der Waals surface area contributed by atoms with Crippen molar-refractivity contribution in [2.75, 3.05) is 0 Å². The summed E-state index contributed by atoms with van der Waals surface area (Å²) in [6, 6.07) is 6.12. The minimum atomic E-state index is -0.532. The Bertz CT molecular complexity index is 519. The van der Waals surface area contributed by atoms with Gasteiger partial charge in [0.25, 0.3) is 0 Å². The van der Waals surface area contributed by atoms with Crippen LogP contribution in [0.3, 0.4) is 0 Å². The number of benzene rings is 1. The van der Waals surface area contributed by atoms with Crippen LogP contribution in [0.2, 0.25) is 0 Å². The molecule has 1 N–H and O–H groups in total. The van der Waals surface area contributed by atoms with E-state index in [2.05, 4.69) is 36.3 Å². The molecule has 0 aliphatic heterocycles. The van der Waals surface area contributed by atoms with Gasteiger partial charge in [0.1, 0.15) is 5.69 Å². The zero-order valence-electron chi connectivity index (χ0n) is 10.4. The van der Waals surface area contributed by atoms with E-state index in [1.807, 2.05) is 13.0 Å². The molecule has 0 spiro atoms. The third-order valence-electron chi connectivity index (χ3n) is 2.99. The molecule has 0 saturated carbocycles. The second kappa shape index (κ2) is 4.67. The van der Waals surface area contributed by atoms with Crippen LogP contribution >= 0.6 is 0 Å². The minimum absolute atomic E-state index is 0.532. The predicted octanol–water partition coefficient (Wildman–Crippen LogP) is 2.33. The highest BCUT2D eigenvalue weighted by Crippen LogP contribution is 2.16. The molecule has 0 amide bonds. The third-order valence-corrected chi connectivity index (χ3v) is 2.99. The Balaban J connectivity index is 2.33. The van der Waals surface area contributed by atoms with Crippen LogP contribution < -0.4 is 0 Å². The van der Waals surface area contributed by atoms with Gasteiger partial charge in [-0.3, -0.25) is 0 Å². The van der Waals surface area contributed by atoms with Crippen molar-refractivity contribution in [2.24, 2.45) is 0 Å². The van der Waals surface area contributed by atoms with Gasteiger partial charge in [-0.2, -0.15) is 0 Å². The van der Waals surface area contributed by atoms with Crippen molar-refractivity contribution < 1.29 is 5.11 Å². The first kappa shape index (κ1) is 11.8. The maximum absolute atomic E-state index is 9.67. The van der Waals surface area contributed by atoms with Gasteiger partial charge in [0.2, 0.25) is 0 Å². The molecule has 1 atom stereocenters. The largest absolute Gasteiger partial charge is 0.387 e. The molecule has 0 aliphatic rings. The summed E-state index contributed by atoms with van der Waals surface area (Å²) >= 11 is 0. The molecule has 2 rings (SSSR count). The monoisotopic (exact) mass is 231 g/mol. The topological polar surface area (TPSA) is 50.9 Å². The summed E-state index contributed by atoms with van der Waals surface area (Å²) in [5.74, 6) is 0. The quantitative estimate of drug-likeness (QED) is 0.882. The van der Waals surface area contributed by atoms with Crippen molar-refractivity contribution >= 4 is 0 Å². The van der Waals surface area contributed by atoms with E-state index in [9.17, 15) is 5.11 Å². The Labute approximate surface area is 101 Å². The number of nitrogens with zero attached hydrogens (tertiary/aromatic N) is 3. The Hall–Kier alpha value is -1.68. The summed E-state index contributed by atoms with van der Waals surface area (Å²) in [5.41, 5.74) is 4.05. The molecule has 1 unspecified atom stereocenters. The van der Waals surface area contributed by atoms with E-state index in [0.717, 1.165) is 5.69 Å². The van der Waals surface area contributed by atoms with E-state index < -0.39 is 6.10 Å². The molecule has 2 aromatic rings. The molecule has 0 saturated heterocycles. The zero-order chi connectivity index (χ0) is 12.4. The van der Waals surface area contributed by atoms with Gasteiger partial charge in [-0.05, 0) is 43.5 Å². The van der Waals surface area contributed by atoms with Crippen LogP contribution in [0.1, 0.15) is 36.3 Å². The second-order valence-electron chi connectivity index (χ2n) is 4.28. The van der Waals surface area contributed by atoms with Crippen LogP contribution in [0.25, 0.3) is 5.69 Å². The fourth-order valence-corrected chi connectivity index (χ4v) is 1.63. The predicted molar refractivity (Wildman–Crippen MR) is 66.1 cm³/mol. The Morgan fingerprint density at radius 3 is 2.71 bits per heavy atom. The number of aliphatic hydroxyl groups excluding tert-OH is 1. The van der Waals surface area contributed by atoms with E-state index in [1.54, 1.807) is 10.9 Å². The first-order valence-electron chi connectivity index (χ1n) is 5.79. The van der Waals surface area contributed by atoms with Crippen molar-refractivity contribution in [3.8, 4) is 5.69 Å². The summed E-state index contributed by atoms with van der Waals surface area (Å²) in [5, 5.41) is 17.7. The standard InChI is InChI=1S/C13H17N3O/c1-4-13(17)12-8-16(15-14-12)11-6-5-9(2)10(3)7-11/h5-8,13,17H,4H2,1-3H3. The van der Waals surface area contributed by atoms with Crippen LogP contribution in [0.4, 0.5) is 0 Å². The van der Waals surface area contributed by atoms with Crippen LogP contribution in [0, 0.1) is 13.8 Å². The van der Waals surface area contributed by atoms with E-state index in [0.29, 0.717) is 12.1 Å². The summed E-state index contributed by atoms with van der Waals surface area (Å²) in [6.45, 7) is 6.06. The first-order chi connectivity index (χ1) is 8.11. The SMILES string of the molecule is CCC(O)c1cn(-c2ccc(C)c(C)c2)nn1. The maximum atomic E-state index is 9.67.